The van der Waals surface area contributed by atoms with Crippen LogP contribution in [-0.2, 0) is 11.2 Å². The van der Waals surface area contributed by atoms with Gasteiger partial charge in [-0.15, -0.1) is 11.3 Å². The molecule has 0 aliphatic carbocycles. The lowest BCUT2D eigenvalue weighted by molar-refractivity contribution is -0.117. The van der Waals surface area contributed by atoms with Gasteiger partial charge in [-0.1, -0.05) is 60.2 Å². The third-order valence-electron chi connectivity index (χ3n) is 3.89. The van der Waals surface area contributed by atoms with E-state index in [0.717, 1.165) is 22.0 Å². The largest absolute Gasteiger partial charge is 0.288 e. The number of benzene rings is 2. The van der Waals surface area contributed by atoms with Gasteiger partial charge in [-0.05, 0) is 19.4 Å². The number of likely N-dealkylation sites (N-methyl/N-ethyl adjacent to an activating group) is 1. The minimum atomic E-state index is 0.0773. The highest BCUT2D eigenvalue weighted by Crippen LogP contribution is 2.28. The topological polar surface area (TPSA) is 33.2 Å². The molecule has 1 heterocycles. The molecule has 3 aromatic rings. The maximum absolute atomic E-state index is 12.6. The summed E-state index contributed by atoms with van der Waals surface area (Å²) in [6.45, 7) is 4.67. The second-order valence-corrected chi connectivity index (χ2v) is 6.52. The molecule has 3 nitrogen and oxygen atoms in total. The maximum atomic E-state index is 12.6. The molecule has 0 aliphatic heterocycles. The van der Waals surface area contributed by atoms with Gasteiger partial charge in [0.05, 0.1) is 12.1 Å². The Labute approximate surface area is 146 Å². The Bertz CT molecular complexity index is 809. The van der Waals surface area contributed by atoms with Gasteiger partial charge in [0.25, 0.3) is 0 Å². The average molecular weight is 336 g/mol. The Morgan fingerprint density at radius 2 is 1.79 bits per heavy atom. The van der Waals surface area contributed by atoms with Gasteiger partial charge in [0.2, 0.25) is 5.91 Å². The third-order valence-corrected chi connectivity index (χ3v) is 4.75. The summed E-state index contributed by atoms with van der Waals surface area (Å²) in [6.07, 6.45) is 0.397. The van der Waals surface area contributed by atoms with Crippen molar-refractivity contribution >= 4 is 22.4 Å². The van der Waals surface area contributed by atoms with Gasteiger partial charge in [0, 0.05) is 17.5 Å². The highest BCUT2D eigenvalue weighted by molar-refractivity contribution is 7.14. The summed E-state index contributed by atoms with van der Waals surface area (Å²) in [4.78, 5) is 19.1. The van der Waals surface area contributed by atoms with Crippen LogP contribution in [0.15, 0.2) is 60.0 Å². The van der Waals surface area contributed by atoms with Crippen molar-refractivity contribution in [2.75, 3.05) is 11.4 Å². The van der Waals surface area contributed by atoms with Crippen LogP contribution in [0.1, 0.15) is 18.1 Å². The zero-order valence-electron chi connectivity index (χ0n) is 13.9. The van der Waals surface area contributed by atoms with Crippen LogP contribution in [0.4, 0.5) is 5.13 Å². The van der Waals surface area contributed by atoms with Crippen molar-refractivity contribution in [3.8, 4) is 11.3 Å². The van der Waals surface area contributed by atoms with Crippen molar-refractivity contribution in [1.29, 1.82) is 0 Å². The van der Waals surface area contributed by atoms with Crippen LogP contribution in [0.2, 0.25) is 0 Å². The number of nitrogens with zero attached hydrogens (tertiary/aromatic N) is 2. The minimum absolute atomic E-state index is 0.0773. The molecule has 0 bridgehead atoms. The van der Waals surface area contributed by atoms with Crippen molar-refractivity contribution in [3.05, 3.63) is 71.1 Å². The molecule has 2 aromatic carbocycles. The van der Waals surface area contributed by atoms with Gasteiger partial charge in [-0.2, -0.15) is 0 Å². The van der Waals surface area contributed by atoms with Crippen molar-refractivity contribution < 1.29 is 4.79 Å². The van der Waals surface area contributed by atoms with Crippen molar-refractivity contribution in [1.82, 2.24) is 4.98 Å². The molecule has 0 fully saturated rings. The molecule has 0 saturated carbocycles. The van der Waals surface area contributed by atoms with E-state index in [1.807, 2.05) is 42.6 Å². The lowest BCUT2D eigenvalue weighted by Gasteiger charge is -2.17. The molecule has 0 aliphatic rings. The Balaban J connectivity index is 1.78. The van der Waals surface area contributed by atoms with Gasteiger partial charge in [0.15, 0.2) is 5.13 Å². The molecule has 0 saturated heterocycles. The van der Waals surface area contributed by atoms with E-state index < -0.39 is 0 Å². The van der Waals surface area contributed by atoms with E-state index in [1.165, 1.54) is 16.9 Å². The minimum Gasteiger partial charge on any atom is -0.288 e. The maximum Gasteiger partial charge on any atom is 0.233 e. The molecule has 3 rings (SSSR count). The fraction of sp³-hybridized carbons (Fsp3) is 0.200. The van der Waals surface area contributed by atoms with Crippen LogP contribution >= 0.6 is 11.3 Å². The number of carbonyl (C=O) groups excluding carboxylic acids is 1. The van der Waals surface area contributed by atoms with Crippen LogP contribution in [0.25, 0.3) is 11.3 Å². The first-order chi connectivity index (χ1) is 11.7. The SMILES string of the molecule is CCN(C(=O)Cc1ccccc1)c1nc(-c2ccc(C)cc2)cs1. The second kappa shape index (κ2) is 7.41. The zero-order valence-corrected chi connectivity index (χ0v) is 14.7. The summed E-state index contributed by atoms with van der Waals surface area (Å²) in [5.74, 6) is 0.0773. The van der Waals surface area contributed by atoms with E-state index in [1.54, 1.807) is 4.90 Å². The number of hydrogen-bond donors (Lipinski definition) is 0. The van der Waals surface area contributed by atoms with E-state index in [4.69, 9.17) is 0 Å². The standard InChI is InChI=1S/C20H20N2OS/c1-3-22(19(23)13-16-7-5-4-6-8-16)20-21-18(14-24-20)17-11-9-15(2)10-12-17/h4-12,14H,3,13H2,1-2H3. The first-order valence-corrected chi connectivity index (χ1v) is 8.92. The van der Waals surface area contributed by atoms with E-state index in [-0.39, 0.29) is 5.91 Å². The molecule has 4 heteroatoms. The molecular formula is C20H20N2OS. The van der Waals surface area contributed by atoms with Crippen LogP contribution < -0.4 is 4.90 Å². The Hall–Kier alpha value is -2.46. The summed E-state index contributed by atoms with van der Waals surface area (Å²) >= 11 is 1.51. The quantitative estimate of drug-likeness (QED) is 0.676. The number of anilines is 1. The number of aryl methyl sites for hydroxylation is 1. The van der Waals surface area contributed by atoms with Crippen LogP contribution in [0.3, 0.4) is 0 Å². The first-order valence-electron chi connectivity index (χ1n) is 8.04. The normalized spacial score (nSPS) is 10.6. The van der Waals surface area contributed by atoms with Crippen LogP contribution in [0.5, 0.6) is 0 Å². The zero-order chi connectivity index (χ0) is 16.9. The van der Waals surface area contributed by atoms with Crippen LogP contribution in [-0.4, -0.2) is 17.4 Å². The average Bonchev–Trinajstić information content (AvgIpc) is 3.07. The summed E-state index contributed by atoms with van der Waals surface area (Å²) in [6, 6.07) is 18.1. The summed E-state index contributed by atoms with van der Waals surface area (Å²) in [7, 11) is 0. The molecular weight excluding hydrogens is 316 g/mol. The fourth-order valence-electron chi connectivity index (χ4n) is 2.53. The van der Waals surface area contributed by atoms with E-state index in [2.05, 4.69) is 36.2 Å². The summed E-state index contributed by atoms with van der Waals surface area (Å²) in [5, 5.41) is 2.77. The highest BCUT2D eigenvalue weighted by atomic mass is 32.1. The number of rotatable bonds is 5. The molecule has 0 spiro atoms. The Morgan fingerprint density at radius 1 is 1.08 bits per heavy atom. The number of carbonyl (C=O) groups is 1. The molecule has 0 N–H and O–H groups in total. The molecule has 1 amide bonds. The molecule has 0 radical (unpaired) electrons. The van der Waals surface area contributed by atoms with Gasteiger partial charge in [-0.25, -0.2) is 4.98 Å². The Morgan fingerprint density at radius 3 is 2.46 bits per heavy atom. The fourth-order valence-corrected chi connectivity index (χ4v) is 3.44. The van der Waals surface area contributed by atoms with Crippen molar-refractivity contribution in [2.24, 2.45) is 0 Å². The number of amides is 1. The monoisotopic (exact) mass is 336 g/mol. The highest BCUT2D eigenvalue weighted by Gasteiger charge is 2.18. The predicted octanol–water partition coefficient (Wildman–Crippen LogP) is 4.71. The number of aromatic nitrogens is 1. The van der Waals surface area contributed by atoms with Crippen molar-refractivity contribution in [3.63, 3.8) is 0 Å². The van der Waals surface area contributed by atoms with Gasteiger partial charge in [0.1, 0.15) is 0 Å². The van der Waals surface area contributed by atoms with E-state index in [9.17, 15) is 4.79 Å². The second-order valence-electron chi connectivity index (χ2n) is 5.68. The molecule has 122 valence electrons. The number of thiazole rings is 1. The smallest absolute Gasteiger partial charge is 0.233 e. The van der Waals surface area contributed by atoms with Crippen LogP contribution in [0, 0.1) is 6.92 Å². The predicted molar refractivity (Wildman–Crippen MR) is 100 cm³/mol. The number of hydrogen-bond acceptors (Lipinski definition) is 3. The van der Waals surface area contributed by atoms with Gasteiger partial charge in [-0.3, -0.25) is 9.69 Å². The van der Waals surface area contributed by atoms with Gasteiger partial charge >= 0.3 is 0 Å². The van der Waals surface area contributed by atoms with Crippen molar-refractivity contribution in [2.45, 2.75) is 20.3 Å². The summed E-state index contributed by atoms with van der Waals surface area (Å²) in [5.41, 5.74) is 4.24. The third kappa shape index (κ3) is 3.71. The Kier molecular flexibility index (Phi) is 5.06. The summed E-state index contributed by atoms with van der Waals surface area (Å²) < 4.78 is 0. The molecule has 0 atom stereocenters. The molecule has 0 unspecified atom stereocenters. The lowest BCUT2D eigenvalue weighted by Crippen LogP contribution is -2.31. The molecule has 24 heavy (non-hydrogen) atoms. The lowest BCUT2D eigenvalue weighted by atomic mass is 10.1. The first kappa shape index (κ1) is 16.4. The molecule has 1 aromatic heterocycles. The van der Waals surface area contributed by atoms with E-state index >= 15 is 0 Å². The van der Waals surface area contributed by atoms with Gasteiger partial charge < -0.3 is 0 Å². The van der Waals surface area contributed by atoms with E-state index in [0.29, 0.717) is 13.0 Å².